The Bertz CT molecular complexity index is 1170. The van der Waals surface area contributed by atoms with Gasteiger partial charge in [-0.05, 0) is 72.5 Å². The molecular formula is C26H21F3N2O2. The number of nitrogens with zero attached hydrogens (tertiary/aromatic N) is 2. The lowest BCUT2D eigenvalue weighted by molar-refractivity contribution is -0.138. The van der Waals surface area contributed by atoms with E-state index in [1.54, 1.807) is 41.3 Å². The highest BCUT2D eigenvalue weighted by Gasteiger charge is 2.36. The van der Waals surface area contributed by atoms with E-state index in [0.717, 1.165) is 25.0 Å². The molecule has 3 aromatic carbocycles. The minimum Gasteiger partial charge on any atom is -0.483 e. The highest BCUT2D eigenvalue weighted by molar-refractivity contribution is 5.77. The number of nitriles is 1. The molecule has 33 heavy (non-hydrogen) atoms. The predicted octanol–water partition coefficient (Wildman–Crippen LogP) is 5.85. The second-order valence-corrected chi connectivity index (χ2v) is 7.89. The Morgan fingerprint density at radius 2 is 1.58 bits per heavy atom. The fourth-order valence-corrected chi connectivity index (χ4v) is 4.06. The molecule has 0 radical (unpaired) electrons. The summed E-state index contributed by atoms with van der Waals surface area (Å²) in [6, 6.07) is 16.9. The van der Waals surface area contributed by atoms with Gasteiger partial charge >= 0.3 is 0 Å². The van der Waals surface area contributed by atoms with Crippen molar-refractivity contribution >= 4 is 5.91 Å². The van der Waals surface area contributed by atoms with Crippen LogP contribution in [-0.4, -0.2) is 17.4 Å². The second-order valence-electron chi connectivity index (χ2n) is 7.89. The number of hydrogen-bond donors (Lipinski definition) is 0. The monoisotopic (exact) mass is 450 g/mol. The van der Waals surface area contributed by atoms with Gasteiger partial charge in [-0.2, -0.15) is 5.26 Å². The molecule has 1 fully saturated rings. The molecule has 3 aromatic rings. The number of rotatable bonds is 6. The molecule has 0 unspecified atom stereocenters. The highest BCUT2D eigenvalue weighted by atomic mass is 19.2. The quantitative estimate of drug-likeness (QED) is 0.473. The summed E-state index contributed by atoms with van der Waals surface area (Å²) in [5.74, 6) is -2.17. The van der Waals surface area contributed by atoms with Crippen LogP contribution < -0.4 is 4.74 Å². The standard InChI is InChI=1S/C26H21F3N2O2/c27-20-9-6-18(7-10-20)25(31-14-2-1-3-24(31)32)26(19-8-13-22(28)23(29)15-19)33-21-11-4-17(16-30)5-12-21/h4-13,15,25-26H,1-3,14H2/t25-,26+/m0/s1. The van der Waals surface area contributed by atoms with Gasteiger partial charge in [-0.15, -0.1) is 0 Å². The number of amides is 1. The zero-order chi connectivity index (χ0) is 23.4. The summed E-state index contributed by atoms with van der Waals surface area (Å²) in [6.45, 7) is 0.456. The molecule has 1 amide bonds. The molecule has 0 saturated carbocycles. The van der Waals surface area contributed by atoms with E-state index in [0.29, 0.717) is 35.4 Å². The van der Waals surface area contributed by atoms with Crippen molar-refractivity contribution in [3.8, 4) is 11.8 Å². The van der Waals surface area contributed by atoms with Gasteiger partial charge in [-0.1, -0.05) is 18.2 Å². The smallest absolute Gasteiger partial charge is 0.223 e. The topological polar surface area (TPSA) is 53.3 Å². The van der Waals surface area contributed by atoms with Crippen LogP contribution in [0.3, 0.4) is 0 Å². The third kappa shape index (κ3) is 5.01. The van der Waals surface area contributed by atoms with Crippen LogP contribution in [0, 0.1) is 28.8 Å². The largest absolute Gasteiger partial charge is 0.483 e. The van der Waals surface area contributed by atoms with Crippen molar-refractivity contribution in [1.82, 2.24) is 4.90 Å². The third-order valence-corrected chi connectivity index (χ3v) is 5.71. The molecule has 1 heterocycles. The normalized spacial score (nSPS) is 15.6. The first kappa shape index (κ1) is 22.4. The maximum atomic E-state index is 14.2. The summed E-state index contributed by atoms with van der Waals surface area (Å²) in [5.41, 5.74) is 1.37. The van der Waals surface area contributed by atoms with Crippen molar-refractivity contribution in [2.75, 3.05) is 6.54 Å². The Labute approximate surface area is 189 Å². The molecule has 1 aliphatic rings. The van der Waals surface area contributed by atoms with Crippen LogP contribution in [0.25, 0.3) is 0 Å². The van der Waals surface area contributed by atoms with E-state index in [4.69, 9.17) is 10.00 Å². The van der Waals surface area contributed by atoms with Crippen LogP contribution in [0.2, 0.25) is 0 Å². The number of carbonyl (C=O) groups excluding carboxylic acids is 1. The first-order chi connectivity index (χ1) is 16.0. The number of likely N-dealkylation sites (tertiary alicyclic amines) is 1. The van der Waals surface area contributed by atoms with Crippen LogP contribution >= 0.6 is 0 Å². The lowest BCUT2D eigenvalue weighted by atomic mass is 9.92. The van der Waals surface area contributed by atoms with E-state index in [9.17, 15) is 18.0 Å². The van der Waals surface area contributed by atoms with Crippen LogP contribution in [-0.2, 0) is 4.79 Å². The molecule has 4 nitrogen and oxygen atoms in total. The number of hydrogen-bond acceptors (Lipinski definition) is 3. The van der Waals surface area contributed by atoms with Crippen LogP contribution in [0.4, 0.5) is 13.2 Å². The van der Waals surface area contributed by atoms with Gasteiger partial charge in [0.2, 0.25) is 5.91 Å². The highest BCUT2D eigenvalue weighted by Crippen LogP contribution is 2.40. The van der Waals surface area contributed by atoms with E-state index in [2.05, 4.69) is 0 Å². The lowest BCUT2D eigenvalue weighted by Crippen LogP contribution is -2.42. The second kappa shape index (κ2) is 9.78. The molecule has 7 heteroatoms. The van der Waals surface area contributed by atoms with Crippen molar-refractivity contribution in [2.45, 2.75) is 31.4 Å². The first-order valence-electron chi connectivity index (χ1n) is 10.6. The van der Waals surface area contributed by atoms with Gasteiger partial charge in [0, 0.05) is 13.0 Å². The summed E-state index contributed by atoms with van der Waals surface area (Å²) in [6.07, 6.45) is 0.988. The fraction of sp³-hybridized carbons (Fsp3) is 0.231. The molecule has 0 bridgehead atoms. The number of benzene rings is 3. The van der Waals surface area contributed by atoms with Crippen molar-refractivity contribution in [2.24, 2.45) is 0 Å². The van der Waals surface area contributed by atoms with E-state index in [1.165, 1.54) is 18.2 Å². The summed E-state index contributed by atoms with van der Waals surface area (Å²) in [4.78, 5) is 14.6. The zero-order valence-corrected chi connectivity index (χ0v) is 17.7. The van der Waals surface area contributed by atoms with Crippen molar-refractivity contribution in [3.63, 3.8) is 0 Å². The summed E-state index contributed by atoms with van der Waals surface area (Å²) >= 11 is 0. The average molecular weight is 450 g/mol. The maximum Gasteiger partial charge on any atom is 0.223 e. The van der Waals surface area contributed by atoms with Gasteiger partial charge in [0.1, 0.15) is 17.7 Å². The third-order valence-electron chi connectivity index (χ3n) is 5.71. The minimum atomic E-state index is -1.04. The fourth-order valence-electron chi connectivity index (χ4n) is 4.06. The Kier molecular flexibility index (Phi) is 6.64. The zero-order valence-electron chi connectivity index (χ0n) is 17.7. The van der Waals surface area contributed by atoms with Gasteiger partial charge in [0.05, 0.1) is 17.7 Å². The Morgan fingerprint density at radius 1 is 0.879 bits per heavy atom. The van der Waals surface area contributed by atoms with Gasteiger partial charge in [-0.25, -0.2) is 13.2 Å². The number of halogens is 3. The molecule has 0 aromatic heterocycles. The predicted molar refractivity (Wildman–Crippen MR) is 116 cm³/mol. The average Bonchev–Trinajstić information content (AvgIpc) is 2.83. The number of piperidine rings is 1. The van der Waals surface area contributed by atoms with Crippen LogP contribution in [0.15, 0.2) is 66.7 Å². The summed E-state index contributed by atoms with van der Waals surface area (Å²) in [7, 11) is 0. The van der Waals surface area contributed by atoms with E-state index in [1.807, 2.05) is 6.07 Å². The van der Waals surface area contributed by atoms with Gasteiger partial charge < -0.3 is 9.64 Å². The van der Waals surface area contributed by atoms with E-state index < -0.39 is 29.6 Å². The Balaban J connectivity index is 1.83. The number of ether oxygens (including phenoxy) is 1. The number of carbonyl (C=O) groups is 1. The van der Waals surface area contributed by atoms with Gasteiger partial charge in [0.15, 0.2) is 11.6 Å². The molecule has 0 aliphatic carbocycles. The molecular weight excluding hydrogens is 429 g/mol. The van der Waals surface area contributed by atoms with Crippen LogP contribution in [0.1, 0.15) is 48.1 Å². The van der Waals surface area contributed by atoms with E-state index >= 15 is 0 Å². The van der Waals surface area contributed by atoms with Gasteiger partial charge in [-0.3, -0.25) is 4.79 Å². The maximum absolute atomic E-state index is 14.2. The Morgan fingerprint density at radius 3 is 2.21 bits per heavy atom. The lowest BCUT2D eigenvalue weighted by Gasteiger charge is -2.39. The molecule has 168 valence electrons. The van der Waals surface area contributed by atoms with E-state index in [-0.39, 0.29) is 5.91 Å². The molecule has 2 atom stereocenters. The SMILES string of the molecule is N#Cc1ccc(O[C@H](c2ccc(F)c(F)c2)[C@H](c2ccc(F)cc2)N2CCCCC2=O)cc1. The van der Waals surface area contributed by atoms with Gasteiger partial charge in [0.25, 0.3) is 0 Å². The molecule has 0 spiro atoms. The first-order valence-corrected chi connectivity index (χ1v) is 10.6. The molecule has 0 N–H and O–H groups in total. The minimum absolute atomic E-state index is 0.0911. The van der Waals surface area contributed by atoms with Crippen molar-refractivity contribution in [3.05, 3.63) is 101 Å². The van der Waals surface area contributed by atoms with Crippen molar-refractivity contribution < 1.29 is 22.7 Å². The van der Waals surface area contributed by atoms with Crippen molar-refractivity contribution in [1.29, 1.82) is 5.26 Å². The molecule has 4 rings (SSSR count). The van der Waals surface area contributed by atoms with Crippen LogP contribution in [0.5, 0.6) is 5.75 Å². The summed E-state index contributed by atoms with van der Waals surface area (Å²) in [5, 5.41) is 9.06. The molecule has 1 saturated heterocycles. The Hall–Kier alpha value is -3.79. The molecule has 1 aliphatic heterocycles. The summed E-state index contributed by atoms with van der Waals surface area (Å²) < 4.78 is 47.9.